The molecule has 4 nitrogen and oxygen atoms in total. The molecule has 0 bridgehead atoms. The van der Waals surface area contributed by atoms with Crippen LogP contribution in [0.25, 0.3) is 0 Å². The Hall–Kier alpha value is -1.29. The molecule has 1 aromatic heterocycles. The van der Waals surface area contributed by atoms with Gasteiger partial charge in [-0.3, -0.25) is 0 Å². The Morgan fingerprint density at radius 1 is 1.62 bits per heavy atom. The number of esters is 1. The van der Waals surface area contributed by atoms with Gasteiger partial charge >= 0.3 is 5.97 Å². The molecule has 0 unspecified atom stereocenters. The van der Waals surface area contributed by atoms with Gasteiger partial charge in [0.15, 0.2) is 0 Å². The number of anilines is 1. The number of ether oxygens (including phenoxy) is 1. The van der Waals surface area contributed by atoms with Gasteiger partial charge in [-0.05, 0) is 19.4 Å². The molecule has 1 fully saturated rings. The van der Waals surface area contributed by atoms with Crippen molar-refractivity contribution in [1.82, 2.24) is 4.98 Å². The number of aromatic nitrogens is 1. The molecule has 0 atom stereocenters. The fourth-order valence-electron chi connectivity index (χ4n) is 1.52. The van der Waals surface area contributed by atoms with Crippen molar-refractivity contribution in [1.29, 1.82) is 0 Å². The van der Waals surface area contributed by atoms with E-state index >= 15 is 0 Å². The van der Waals surface area contributed by atoms with Crippen molar-refractivity contribution in [2.24, 2.45) is 0 Å². The van der Waals surface area contributed by atoms with Gasteiger partial charge in [0, 0.05) is 19.3 Å². The van der Waals surface area contributed by atoms with Crippen molar-refractivity contribution in [3.8, 4) is 0 Å². The van der Waals surface area contributed by atoms with E-state index in [4.69, 9.17) is 16.3 Å². The molecule has 5 heteroatoms. The Morgan fingerprint density at radius 2 is 2.38 bits per heavy atom. The molecule has 0 aromatic carbocycles. The number of rotatable bonds is 3. The Morgan fingerprint density at radius 3 is 2.88 bits per heavy atom. The van der Waals surface area contributed by atoms with Crippen molar-refractivity contribution in [3.05, 3.63) is 22.8 Å². The minimum atomic E-state index is -0.382. The van der Waals surface area contributed by atoms with Crippen LogP contribution >= 0.6 is 11.6 Å². The van der Waals surface area contributed by atoms with Crippen LogP contribution < -0.4 is 4.90 Å². The fraction of sp³-hybridized carbons (Fsp3) is 0.455. The second-order valence-electron chi connectivity index (χ2n) is 3.59. The van der Waals surface area contributed by atoms with Gasteiger partial charge in [-0.2, -0.15) is 0 Å². The molecule has 1 saturated heterocycles. The Labute approximate surface area is 99.2 Å². The molecule has 1 aliphatic heterocycles. The minimum absolute atomic E-state index is 0.352. The molecule has 1 aromatic rings. The minimum Gasteiger partial charge on any atom is -0.462 e. The highest BCUT2D eigenvalue weighted by atomic mass is 35.5. The summed E-state index contributed by atoms with van der Waals surface area (Å²) in [4.78, 5) is 17.7. The Balaban J connectivity index is 2.18. The number of hydrogen-bond donors (Lipinski definition) is 0. The van der Waals surface area contributed by atoms with Crippen molar-refractivity contribution in [3.63, 3.8) is 0 Å². The van der Waals surface area contributed by atoms with E-state index in [1.165, 1.54) is 6.20 Å². The topological polar surface area (TPSA) is 42.4 Å². The number of pyridine rings is 1. The summed E-state index contributed by atoms with van der Waals surface area (Å²) in [5.41, 5.74) is 0.399. The van der Waals surface area contributed by atoms with Crippen molar-refractivity contribution in [2.75, 3.05) is 24.6 Å². The zero-order valence-electron chi connectivity index (χ0n) is 9.07. The van der Waals surface area contributed by atoms with E-state index in [1.54, 1.807) is 13.0 Å². The molecule has 0 N–H and O–H groups in total. The molecule has 0 amide bonds. The van der Waals surface area contributed by atoms with Crippen LogP contribution in [-0.2, 0) is 4.74 Å². The van der Waals surface area contributed by atoms with Gasteiger partial charge in [-0.25, -0.2) is 9.78 Å². The molecule has 16 heavy (non-hydrogen) atoms. The van der Waals surface area contributed by atoms with Crippen molar-refractivity contribution >= 4 is 23.4 Å². The molecule has 0 saturated carbocycles. The highest BCUT2D eigenvalue weighted by Crippen LogP contribution is 2.27. The summed E-state index contributed by atoms with van der Waals surface area (Å²) < 4.78 is 4.87. The first-order chi connectivity index (χ1) is 7.72. The summed E-state index contributed by atoms with van der Waals surface area (Å²) in [7, 11) is 0. The van der Waals surface area contributed by atoms with Crippen LogP contribution in [0.3, 0.4) is 0 Å². The van der Waals surface area contributed by atoms with E-state index in [1.807, 2.05) is 0 Å². The first-order valence-corrected chi connectivity index (χ1v) is 5.67. The lowest BCUT2D eigenvalue weighted by atomic mass is 10.2. The number of carbonyl (C=O) groups excluding carboxylic acids is 1. The van der Waals surface area contributed by atoms with E-state index in [2.05, 4.69) is 9.88 Å². The third-order valence-corrected chi connectivity index (χ3v) is 2.77. The standard InChI is InChI=1S/C11H13ClN2O2/c1-2-16-11(15)8-6-9(12)10(13-7-8)14-4-3-5-14/h6-7H,2-5H2,1H3. The summed E-state index contributed by atoms with van der Waals surface area (Å²) in [6.45, 7) is 4.07. The lowest BCUT2D eigenvalue weighted by molar-refractivity contribution is 0.0526. The summed E-state index contributed by atoms with van der Waals surface area (Å²) in [6, 6.07) is 1.61. The third-order valence-electron chi connectivity index (χ3n) is 2.49. The first kappa shape index (κ1) is 11.2. The van der Waals surface area contributed by atoms with Gasteiger partial charge < -0.3 is 9.64 Å². The van der Waals surface area contributed by atoms with Crippen molar-refractivity contribution in [2.45, 2.75) is 13.3 Å². The summed E-state index contributed by atoms with van der Waals surface area (Å²) in [6.07, 6.45) is 2.68. The molecular formula is C11H13ClN2O2. The van der Waals surface area contributed by atoms with Crippen LogP contribution in [0.1, 0.15) is 23.7 Å². The predicted octanol–water partition coefficient (Wildman–Crippen LogP) is 2.12. The Kier molecular flexibility index (Phi) is 3.29. The SMILES string of the molecule is CCOC(=O)c1cnc(N2CCC2)c(Cl)c1. The second-order valence-corrected chi connectivity index (χ2v) is 4.00. The van der Waals surface area contributed by atoms with Gasteiger partial charge in [0.25, 0.3) is 0 Å². The van der Waals surface area contributed by atoms with Gasteiger partial charge in [-0.1, -0.05) is 11.6 Å². The molecule has 1 aliphatic rings. The number of carbonyl (C=O) groups is 1. The summed E-state index contributed by atoms with van der Waals surface area (Å²) >= 11 is 6.07. The maximum absolute atomic E-state index is 11.4. The molecule has 0 radical (unpaired) electrons. The lowest BCUT2D eigenvalue weighted by Crippen LogP contribution is -2.37. The first-order valence-electron chi connectivity index (χ1n) is 5.30. The number of hydrogen-bond acceptors (Lipinski definition) is 4. The van der Waals surface area contributed by atoms with Gasteiger partial charge in [0.05, 0.1) is 17.2 Å². The summed E-state index contributed by atoms with van der Waals surface area (Å²) in [5, 5.41) is 0.505. The van der Waals surface area contributed by atoms with Gasteiger partial charge in [0.2, 0.25) is 0 Å². The third kappa shape index (κ3) is 2.11. The highest BCUT2D eigenvalue weighted by molar-refractivity contribution is 6.33. The maximum atomic E-state index is 11.4. The zero-order chi connectivity index (χ0) is 11.5. The molecule has 2 rings (SSSR count). The quantitative estimate of drug-likeness (QED) is 0.759. The van der Waals surface area contributed by atoms with Gasteiger partial charge in [-0.15, -0.1) is 0 Å². The van der Waals surface area contributed by atoms with Crippen LogP contribution in [-0.4, -0.2) is 30.6 Å². The maximum Gasteiger partial charge on any atom is 0.339 e. The van der Waals surface area contributed by atoms with E-state index in [9.17, 15) is 4.79 Å². The van der Waals surface area contributed by atoms with Crippen LogP contribution in [0.4, 0.5) is 5.82 Å². The van der Waals surface area contributed by atoms with Crippen LogP contribution in [0.2, 0.25) is 5.02 Å². The smallest absolute Gasteiger partial charge is 0.339 e. The largest absolute Gasteiger partial charge is 0.462 e. The van der Waals surface area contributed by atoms with Gasteiger partial charge in [0.1, 0.15) is 5.82 Å². The average Bonchev–Trinajstić information content (AvgIpc) is 2.18. The molecule has 0 spiro atoms. The molecular weight excluding hydrogens is 228 g/mol. The molecule has 2 heterocycles. The highest BCUT2D eigenvalue weighted by Gasteiger charge is 2.19. The van der Waals surface area contributed by atoms with Crippen LogP contribution in [0.15, 0.2) is 12.3 Å². The van der Waals surface area contributed by atoms with Crippen LogP contribution in [0, 0.1) is 0 Å². The summed E-state index contributed by atoms with van der Waals surface area (Å²) in [5.74, 6) is 0.369. The monoisotopic (exact) mass is 240 g/mol. The van der Waals surface area contributed by atoms with Crippen molar-refractivity contribution < 1.29 is 9.53 Å². The number of halogens is 1. The van der Waals surface area contributed by atoms with E-state index in [-0.39, 0.29) is 5.97 Å². The van der Waals surface area contributed by atoms with E-state index in [0.29, 0.717) is 17.2 Å². The van der Waals surface area contributed by atoms with E-state index < -0.39 is 0 Å². The Bertz CT molecular complexity index is 405. The van der Waals surface area contributed by atoms with Crippen LogP contribution in [0.5, 0.6) is 0 Å². The second kappa shape index (κ2) is 4.70. The molecule has 0 aliphatic carbocycles. The fourth-order valence-corrected chi connectivity index (χ4v) is 1.80. The zero-order valence-corrected chi connectivity index (χ0v) is 9.83. The predicted molar refractivity (Wildman–Crippen MR) is 62.0 cm³/mol. The molecule has 86 valence electrons. The average molecular weight is 241 g/mol. The lowest BCUT2D eigenvalue weighted by Gasteiger charge is -2.32. The number of nitrogens with zero attached hydrogens (tertiary/aromatic N) is 2. The van der Waals surface area contributed by atoms with E-state index in [0.717, 1.165) is 25.3 Å². The normalized spacial score (nSPS) is 14.5.